The van der Waals surface area contributed by atoms with E-state index in [2.05, 4.69) is 20.5 Å². The largest absolute Gasteiger partial charge is 0.327 e. The number of anilines is 1. The molecule has 0 spiro atoms. The summed E-state index contributed by atoms with van der Waals surface area (Å²) >= 11 is 1.51. The van der Waals surface area contributed by atoms with E-state index in [1.54, 1.807) is 12.3 Å². The van der Waals surface area contributed by atoms with E-state index in [9.17, 15) is 4.79 Å². The summed E-state index contributed by atoms with van der Waals surface area (Å²) in [5, 5.41) is 9.77. The zero-order valence-electron chi connectivity index (χ0n) is 9.64. The topological polar surface area (TPSA) is 96.7 Å². The van der Waals surface area contributed by atoms with Gasteiger partial charge in [0.1, 0.15) is 5.69 Å². The number of rotatable bonds is 2. The summed E-state index contributed by atoms with van der Waals surface area (Å²) in [5.74, 6) is -0.220. The molecule has 0 radical (unpaired) electrons. The Kier molecular flexibility index (Phi) is 2.85. The Morgan fingerprint density at radius 2 is 2.50 bits per heavy atom. The van der Waals surface area contributed by atoms with Gasteiger partial charge in [0, 0.05) is 17.1 Å². The SMILES string of the molecule is N[C@H]1CCc2nc(NC(=O)c3ccn[nH]3)sc2C1. The average Bonchev–Trinajstić information content (AvgIpc) is 2.95. The van der Waals surface area contributed by atoms with Gasteiger partial charge < -0.3 is 5.73 Å². The Labute approximate surface area is 108 Å². The first-order valence-corrected chi connectivity index (χ1v) is 6.59. The van der Waals surface area contributed by atoms with Crippen molar-refractivity contribution in [3.8, 4) is 0 Å². The average molecular weight is 263 g/mol. The maximum atomic E-state index is 11.8. The number of carbonyl (C=O) groups is 1. The van der Waals surface area contributed by atoms with E-state index < -0.39 is 0 Å². The number of nitrogens with one attached hydrogen (secondary N) is 2. The number of amides is 1. The second kappa shape index (κ2) is 4.51. The van der Waals surface area contributed by atoms with Crippen molar-refractivity contribution < 1.29 is 4.79 Å². The van der Waals surface area contributed by atoms with Gasteiger partial charge in [-0.1, -0.05) is 0 Å². The molecule has 4 N–H and O–H groups in total. The van der Waals surface area contributed by atoms with Crippen LogP contribution in [0.3, 0.4) is 0 Å². The lowest BCUT2D eigenvalue weighted by Crippen LogP contribution is -2.27. The molecular formula is C11H13N5OS. The summed E-state index contributed by atoms with van der Waals surface area (Å²) < 4.78 is 0. The highest BCUT2D eigenvalue weighted by molar-refractivity contribution is 7.15. The number of nitrogens with zero attached hydrogens (tertiary/aromatic N) is 2. The van der Waals surface area contributed by atoms with Crippen LogP contribution in [0.2, 0.25) is 0 Å². The fourth-order valence-electron chi connectivity index (χ4n) is 2.00. The molecule has 1 aliphatic rings. The van der Waals surface area contributed by atoms with Crippen LogP contribution in [0.1, 0.15) is 27.5 Å². The van der Waals surface area contributed by atoms with Gasteiger partial charge >= 0.3 is 0 Å². The van der Waals surface area contributed by atoms with Crippen LogP contribution < -0.4 is 11.1 Å². The molecule has 7 heteroatoms. The van der Waals surface area contributed by atoms with Gasteiger partial charge in [0.15, 0.2) is 5.13 Å². The summed E-state index contributed by atoms with van der Waals surface area (Å²) in [7, 11) is 0. The first kappa shape index (κ1) is 11.4. The quantitative estimate of drug-likeness (QED) is 0.751. The van der Waals surface area contributed by atoms with Gasteiger partial charge in [0.25, 0.3) is 5.91 Å². The first-order valence-electron chi connectivity index (χ1n) is 5.77. The van der Waals surface area contributed by atoms with Crippen LogP contribution in [-0.4, -0.2) is 27.1 Å². The van der Waals surface area contributed by atoms with E-state index in [0.717, 1.165) is 25.0 Å². The molecule has 18 heavy (non-hydrogen) atoms. The van der Waals surface area contributed by atoms with Gasteiger partial charge in [-0.15, -0.1) is 11.3 Å². The minimum Gasteiger partial charge on any atom is -0.327 e. The highest BCUT2D eigenvalue weighted by Crippen LogP contribution is 2.29. The van der Waals surface area contributed by atoms with Gasteiger partial charge in [-0.25, -0.2) is 4.98 Å². The van der Waals surface area contributed by atoms with Gasteiger partial charge in [0.2, 0.25) is 0 Å². The minimum absolute atomic E-state index is 0.217. The Bertz CT molecular complexity index is 562. The second-order valence-corrected chi connectivity index (χ2v) is 5.40. The number of H-pyrrole nitrogens is 1. The van der Waals surface area contributed by atoms with Crippen molar-refractivity contribution in [2.24, 2.45) is 5.73 Å². The lowest BCUT2D eigenvalue weighted by atomic mass is 9.99. The molecule has 0 aromatic carbocycles. The maximum Gasteiger partial charge on any atom is 0.275 e. The summed E-state index contributed by atoms with van der Waals surface area (Å²) in [6.45, 7) is 0. The number of thiazole rings is 1. The standard InChI is InChI=1S/C11H13N5OS/c12-6-1-2-7-9(5-6)18-11(14-7)15-10(17)8-3-4-13-16-8/h3-4,6H,1-2,5,12H2,(H,13,16)(H,14,15,17)/t6-/m0/s1. The number of nitrogens with two attached hydrogens (primary N) is 1. The van der Waals surface area contributed by atoms with Crippen molar-refractivity contribution in [2.45, 2.75) is 25.3 Å². The third kappa shape index (κ3) is 2.14. The van der Waals surface area contributed by atoms with Crippen LogP contribution in [0.5, 0.6) is 0 Å². The second-order valence-electron chi connectivity index (χ2n) is 4.32. The number of aromatic amines is 1. The molecule has 0 fully saturated rings. The first-order chi connectivity index (χ1) is 8.72. The molecule has 1 atom stereocenters. The molecule has 0 unspecified atom stereocenters. The Hall–Kier alpha value is -1.73. The molecule has 2 heterocycles. The highest BCUT2D eigenvalue weighted by Gasteiger charge is 2.21. The molecule has 6 nitrogen and oxygen atoms in total. The number of hydrogen-bond acceptors (Lipinski definition) is 5. The van der Waals surface area contributed by atoms with E-state index in [0.29, 0.717) is 10.8 Å². The fraction of sp³-hybridized carbons (Fsp3) is 0.364. The molecule has 0 aliphatic heterocycles. The minimum atomic E-state index is -0.220. The lowest BCUT2D eigenvalue weighted by Gasteiger charge is -2.15. The summed E-state index contributed by atoms with van der Waals surface area (Å²) in [6, 6.07) is 1.84. The fourth-order valence-corrected chi connectivity index (χ4v) is 3.10. The molecule has 0 saturated heterocycles. The maximum absolute atomic E-state index is 11.8. The van der Waals surface area contributed by atoms with Gasteiger partial charge in [-0.3, -0.25) is 15.2 Å². The number of aromatic nitrogens is 3. The van der Waals surface area contributed by atoms with Crippen LogP contribution >= 0.6 is 11.3 Å². The molecule has 1 amide bonds. The van der Waals surface area contributed by atoms with Crippen molar-refractivity contribution in [1.82, 2.24) is 15.2 Å². The highest BCUT2D eigenvalue weighted by atomic mass is 32.1. The lowest BCUT2D eigenvalue weighted by molar-refractivity contribution is 0.102. The van der Waals surface area contributed by atoms with Crippen LogP contribution in [-0.2, 0) is 12.8 Å². The predicted molar refractivity (Wildman–Crippen MR) is 68.7 cm³/mol. The zero-order valence-corrected chi connectivity index (χ0v) is 10.5. The van der Waals surface area contributed by atoms with E-state index in [-0.39, 0.29) is 11.9 Å². The number of fused-ring (bicyclic) bond motifs is 1. The van der Waals surface area contributed by atoms with Crippen LogP contribution in [0.4, 0.5) is 5.13 Å². The van der Waals surface area contributed by atoms with E-state index in [1.807, 2.05) is 0 Å². The summed E-state index contributed by atoms with van der Waals surface area (Å²) in [6.07, 6.45) is 4.26. The van der Waals surface area contributed by atoms with E-state index in [4.69, 9.17) is 5.73 Å². The van der Waals surface area contributed by atoms with Crippen molar-refractivity contribution in [2.75, 3.05) is 5.32 Å². The van der Waals surface area contributed by atoms with Crippen molar-refractivity contribution in [3.63, 3.8) is 0 Å². The summed E-state index contributed by atoms with van der Waals surface area (Å²) in [4.78, 5) is 17.4. The molecule has 2 aromatic heterocycles. The van der Waals surface area contributed by atoms with E-state index >= 15 is 0 Å². The summed E-state index contributed by atoms with van der Waals surface area (Å²) in [5.41, 5.74) is 7.42. The Balaban J connectivity index is 1.76. The zero-order chi connectivity index (χ0) is 12.5. The van der Waals surface area contributed by atoms with Gasteiger partial charge in [0.05, 0.1) is 5.69 Å². The van der Waals surface area contributed by atoms with Gasteiger partial charge in [-0.05, 0) is 25.3 Å². The normalized spacial score (nSPS) is 18.4. The third-order valence-corrected chi connectivity index (χ3v) is 3.98. The number of hydrogen-bond donors (Lipinski definition) is 3. The number of carbonyl (C=O) groups excluding carboxylic acids is 1. The smallest absolute Gasteiger partial charge is 0.275 e. The van der Waals surface area contributed by atoms with Crippen LogP contribution in [0.15, 0.2) is 12.3 Å². The third-order valence-electron chi connectivity index (χ3n) is 2.94. The van der Waals surface area contributed by atoms with Crippen LogP contribution in [0, 0.1) is 0 Å². The molecule has 2 aromatic rings. The molecule has 94 valence electrons. The number of aryl methyl sites for hydroxylation is 1. The van der Waals surface area contributed by atoms with Crippen molar-refractivity contribution in [3.05, 3.63) is 28.5 Å². The molecule has 0 bridgehead atoms. The molecular weight excluding hydrogens is 250 g/mol. The monoisotopic (exact) mass is 263 g/mol. The van der Waals surface area contributed by atoms with Gasteiger partial charge in [-0.2, -0.15) is 5.10 Å². The molecule has 0 saturated carbocycles. The predicted octanol–water partition coefficient (Wildman–Crippen LogP) is 0.934. The molecule has 3 rings (SSSR count). The Morgan fingerprint density at radius 3 is 3.28 bits per heavy atom. The Morgan fingerprint density at radius 1 is 1.61 bits per heavy atom. The molecule has 1 aliphatic carbocycles. The van der Waals surface area contributed by atoms with Crippen molar-refractivity contribution >= 4 is 22.4 Å². The van der Waals surface area contributed by atoms with Crippen LogP contribution in [0.25, 0.3) is 0 Å². The van der Waals surface area contributed by atoms with E-state index in [1.165, 1.54) is 16.2 Å². The van der Waals surface area contributed by atoms with Crippen molar-refractivity contribution in [1.29, 1.82) is 0 Å².